The van der Waals surface area contributed by atoms with E-state index in [-0.39, 0.29) is 11.9 Å². The second kappa shape index (κ2) is 6.36. The number of amides is 1. The van der Waals surface area contributed by atoms with Crippen LogP contribution in [0.25, 0.3) is 0 Å². The lowest BCUT2D eigenvalue weighted by Crippen LogP contribution is -2.48. The van der Waals surface area contributed by atoms with Crippen molar-refractivity contribution < 1.29 is 9.32 Å². The van der Waals surface area contributed by atoms with Gasteiger partial charge in [0.2, 0.25) is 11.8 Å². The number of rotatable bonds is 4. The zero-order chi connectivity index (χ0) is 15.7. The van der Waals surface area contributed by atoms with E-state index in [9.17, 15) is 4.79 Å². The van der Waals surface area contributed by atoms with Gasteiger partial charge in [-0.25, -0.2) is 0 Å². The highest BCUT2D eigenvalue weighted by molar-refractivity contribution is 5.74. The third-order valence-electron chi connectivity index (χ3n) is 5.14. The van der Waals surface area contributed by atoms with E-state index in [1.807, 2.05) is 6.92 Å². The van der Waals surface area contributed by atoms with Crippen molar-refractivity contribution in [3.63, 3.8) is 0 Å². The van der Waals surface area contributed by atoms with E-state index in [2.05, 4.69) is 26.9 Å². The van der Waals surface area contributed by atoms with Gasteiger partial charge in [0.05, 0.1) is 6.04 Å². The molecular weight excluding hydrogens is 280 g/mol. The molecule has 0 unspecified atom stereocenters. The quantitative estimate of drug-likeness (QED) is 0.853. The minimum absolute atomic E-state index is 0.120. The predicted octanol–water partition coefficient (Wildman–Crippen LogP) is 2.17. The van der Waals surface area contributed by atoms with Gasteiger partial charge in [-0.15, -0.1) is 0 Å². The van der Waals surface area contributed by atoms with Crippen LogP contribution in [0.15, 0.2) is 4.52 Å². The molecule has 2 fully saturated rings. The number of carbonyl (C=O) groups excluding carboxylic acids is 1. The van der Waals surface area contributed by atoms with Gasteiger partial charge in [-0.05, 0) is 39.2 Å². The summed E-state index contributed by atoms with van der Waals surface area (Å²) in [5.41, 5.74) is 0. The van der Waals surface area contributed by atoms with Crippen molar-refractivity contribution in [1.82, 2.24) is 19.9 Å². The molecule has 3 rings (SSSR count). The van der Waals surface area contributed by atoms with Crippen molar-refractivity contribution >= 4 is 5.91 Å². The number of nitrogens with zero attached hydrogens (tertiary/aromatic N) is 4. The Morgan fingerprint density at radius 1 is 1.32 bits per heavy atom. The molecule has 1 aromatic rings. The Morgan fingerprint density at radius 2 is 2.05 bits per heavy atom. The van der Waals surface area contributed by atoms with Crippen LogP contribution in [0.2, 0.25) is 0 Å². The normalized spacial score (nSPS) is 27.5. The first-order valence-corrected chi connectivity index (χ1v) is 8.47. The highest BCUT2D eigenvalue weighted by atomic mass is 16.5. The Hall–Kier alpha value is -1.43. The number of hydrogen-bond acceptors (Lipinski definition) is 5. The van der Waals surface area contributed by atoms with E-state index >= 15 is 0 Å². The summed E-state index contributed by atoms with van der Waals surface area (Å²) >= 11 is 0. The molecule has 3 atom stereocenters. The van der Waals surface area contributed by atoms with Crippen molar-refractivity contribution in [2.24, 2.45) is 0 Å². The van der Waals surface area contributed by atoms with Crippen LogP contribution in [0.4, 0.5) is 0 Å². The lowest BCUT2D eigenvalue weighted by atomic mass is 10.0. The second-order valence-corrected chi connectivity index (χ2v) is 6.45. The van der Waals surface area contributed by atoms with Crippen molar-refractivity contribution in [2.75, 3.05) is 13.1 Å². The van der Waals surface area contributed by atoms with Crippen molar-refractivity contribution in [1.29, 1.82) is 0 Å². The van der Waals surface area contributed by atoms with E-state index in [1.165, 1.54) is 6.42 Å². The van der Waals surface area contributed by atoms with Crippen LogP contribution in [0, 0.1) is 0 Å². The van der Waals surface area contributed by atoms with E-state index in [1.54, 1.807) is 6.92 Å². The molecule has 0 bridgehead atoms. The first-order valence-electron chi connectivity index (χ1n) is 8.47. The van der Waals surface area contributed by atoms with Crippen LogP contribution in [-0.4, -0.2) is 51.0 Å². The van der Waals surface area contributed by atoms with Gasteiger partial charge in [0.15, 0.2) is 5.82 Å². The summed E-state index contributed by atoms with van der Waals surface area (Å²) in [6, 6.07) is 0.879. The third kappa shape index (κ3) is 2.76. The maximum atomic E-state index is 11.9. The summed E-state index contributed by atoms with van der Waals surface area (Å²) < 4.78 is 5.43. The second-order valence-electron chi connectivity index (χ2n) is 6.45. The maximum absolute atomic E-state index is 11.9. The van der Waals surface area contributed by atoms with E-state index in [0.717, 1.165) is 44.6 Å². The summed E-state index contributed by atoms with van der Waals surface area (Å²) in [5, 5.41) is 4.02. The highest BCUT2D eigenvalue weighted by Crippen LogP contribution is 2.35. The Bertz CT molecular complexity index is 530. The molecule has 3 heterocycles. The van der Waals surface area contributed by atoms with Gasteiger partial charge in [-0.1, -0.05) is 12.1 Å². The Kier molecular flexibility index (Phi) is 4.47. The Balaban J connectivity index is 1.76. The molecule has 0 saturated carbocycles. The Labute approximate surface area is 131 Å². The number of aryl methyl sites for hydroxylation is 1. The molecule has 2 aliphatic rings. The number of carbonyl (C=O) groups is 1. The smallest absolute Gasteiger partial charge is 0.243 e. The largest absolute Gasteiger partial charge is 0.338 e. The Morgan fingerprint density at radius 3 is 2.73 bits per heavy atom. The van der Waals surface area contributed by atoms with Gasteiger partial charge in [0, 0.05) is 32.0 Å². The van der Waals surface area contributed by atoms with Gasteiger partial charge in [0.1, 0.15) is 0 Å². The molecule has 2 saturated heterocycles. The minimum Gasteiger partial charge on any atom is -0.338 e. The first kappa shape index (κ1) is 15.5. The molecule has 6 nitrogen and oxygen atoms in total. The van der Waals surface area contributed by atoms with Gasteiger partial charge in [-0.3, -0.25) is 9.69 Å². The number of likely N-dealkylation sites (tertiary alicyclic amines) is 2. The lowest BCUT2D eigenvalue weighted by Gasteiger charge is -2.36. The average molecular weight is 306 g/mol. The molecule has 6 heteroatoms. The van der Waals surface area contributed by atoms with Crippen LogP contribution in [0.5, 0.6) is 0 Å². The number of aromatic nitrogens is 2. The monoisotopic (exact) mass is 306 g/mol. The zero-order valence-electron chi connectivity index (χ0n) is 13.8. The van der Waals surface area contributed by atoms with E-state index in [4.69, 9.17) is 4.52 Å². The minimum atomic E-state index is 0.120. The van der Waals surface area contributed by atoms with Crippen LogP contribution in [-0.2, 0) is 11.2 Å². The fourth-order valence-corrected chi connectivity index (χ4v) is 4.02. The van der Waals surface area contributed by atoms with E-state index in [0.29, 0.717) is 18.0 Å². The molecular formula is C16H26N4O2. The molecule has 1 aromatic heterocycles. The third-order valence-corrected chi connectivity index (χ3v) is 5.14. The van der Waals surface area contributed by atoms with Crippen LogP contribution >= 0.6 is 0 Å². The van der Waals surface area contributed by atoms with Crippen LogP contribution in [0.3, 0.4) is 0 Å². The highest BCUT2D eigenvalue weighted by Gasteiger charge is 2.41. The fraction of sp³-hybridized carbons (Fsp3) is 0.812. The summed E-state index contributed by atoms with van der Waals surface area (Å²) in [6.07, 6.45) is 5.33. The van der Waals surface area contributed by atoms with Crippen LogP contribution < -0.4 is 0 Å². The number of hydrogen-bond donors (Lipinski definition) is 0. The van der Waals surface area contributed by atoms with Gasteiger partial charge >= 0.3 is 0 Å². The molecule has 0 radical (unpaired) electrons. The standard InChI is InChI=1S/C16H26N4O2/c1-4-15-17-16(22-18-15)11(2)19-9-5-7-13(19)14-8-6-10-20(14)12(3)21/h11,13-14H,4-10H2,1-3H3/t11-,13+,14-/m0/s1. The van der Waals surface area contributed by atoms with Crippen molar-refractivity contribution in [2.45, 2.75) is 71.0 Å². The summed E-state index contributed by atoms with van der Waals surface area (Å²) in [5.74, 6) is 1.67. The summed E-state index contributed by atoms with van der Waals surface area (Å²) in [4.78, 5) is 20.9. The molecule has 22 heavy (non-hydrogen) atoms. The average Bonchev–Trinajstić information content (AvgIpc) is 3.23. The van der Waals surface area contributed by atoms with Gasteiger partial charge in [0.25, 0.3) is 0 Å². The molecule has 2 aliphatic heterocycles. The predicted molar refractivity (Wildman–Crippen MR) is 82.2 cm³/mol. The lowest BCUT2D eigenvalue weighted by molar-refractivity contribution is -0.130. The van der Waals surface area contributed by atoms with Crippen LogP contribution in [0.1, 0.15) is 64.2 Å². The zero-order valence-corrected chi connectivity index (χ0v) is 13.8. The van der Waals surface area contributed by atoms with Crippen molar-refractivity contribution in [3.8, 4) is 0 Å². The molecule has 0 aromatic carbocycles. The van der Waals surface area contributed by atoms with Gasteiger partial charge < -0.3 is 9.42 Å². The van der Waals surface area contributed by atoms with E-state index < -0.39 is 0 Å². The first-order chi connectivity index (χ1) is 10.6. The molecule has 0 spiro atoms. The van der Waals surface area contributed by atoms with Gasteiger partial charge in [-0.2, -0.15) is 4.98 Å². The molecule has 1 amide bonds. The summed E-state index contributed by atoms with van der Waals surface area (Å²) in [7, 11) is 0. The molecule has 122 valence electrons. The molecule has 0 N–H and O–H groups in total. The topological polar surface area (TPSA) is 62.5 Å². The fourth-order valence-electron chi connectivity index (χ4n) is 4.02. The maximum Gasteiger partial charge on any atom is 0.243 e. The van der Waals surface area contributed by atoms with Crippen molar-refractivity contribution in [3.05, 3.63) is 11.7 Å². The SMILES string of the molecule is CCc1noc([C@H](C)N2CCC[C@@H]2[C@@H]2CCCN2C(C)=O)n1. The summed E-state index contributed by atoms with van der Waals surface area (Å²) in [6.45, 7) is 7.79. The molecule has 0 aliphatic carbocycles.